The zero-order valence-electron chi connectivity index (χ0n) is 13.4. The quantitative estimate of drug-likeness (QED) is 0.726. The highest BCUT2D eigenvalue weighted by Gasteiger charge is 2.25. The minimum absolute atomic E-state index is 0.187. The molecule has 2 heterocycles. The first-order valence-corrected chi connectivity index (χ1v) is 7.84. The highest BCUT2D eigenvalue weighted by Crippen LogP contribution is 2.24. The number of carbonyl (C=O) groups excluding carboxylic acids is 1. The zero-order chi connectivity index (χ0) is 16.6. The number of aliphatic imine (C=N–C) groups is 2. The Balaban J connectivity index is 2.14. The van der Waals surface area contributed by atoms with Crippen LogP contribution in [0.25, 0.3) is 0 Å². The Morgan fingerprint density at radius 1 is 1.26 bits per heavy atom. The molecule has 4 nitrogen and oxygen atoms in total. The maximum absolute atomic E-state index is 12.3. The van der Waals surface area contributed by atoms with Crippen LogP contribution < -0.4 is 0 Å². The van der Waals surface area contributed by atoms with Crippen molar-refractivity contribution in [2.75, 3.05) is 0 Å². The second kappa shape index (κ2) is 5.78. The summed E-state index contributed by atoms with van der Waals surface area (Å²) < 4.78 is 0. The molecule has 0 saturated carbocycles. The summed E-state index contributed by atoms with van der Waals surface area (Å²) >= 11 is 6.09. The molecule has 0 bridgehead atoms. The summed E-state index contributed by atoms with van der Waals surface area (Å²) in [6.45, 7) is 6.19. The maximum atomic E-state index is 12.3. The van der Waals surface area contributed by atoms with E-state index in [1.54, 1.807) is 6.08 Å². The van der Waals surface area contributed by atoms with Crippen LogP contribution in [0.5, 0.6) is 0 Å². The molecule has 0 unspecified atom stereocenters. The topological polar surface area (TPSA) is 45.0 Å². The van der Waals surface area contributed by atoms with E-state index in [1.165, 1.54) is 0 Å². The molecule has 1 aromatic carbocycles. The first-order chi connectivity index (χ1) is 10.8. The van der Waals surface area contributed by atoms with E-state index in [4.69, 9.17) is 11.6 Å². The van der Waals surface area contributed by atoms with Crippen LogP contribution in [0.2, 0.25) is 0 Å². The third-order valence-electron chi connectivity index (χ3n) is 3.63. The number of hydrogen-bond acceptors (Lipinski definition) is 2. The molecule has 2 aliphatic heterocycles. The van der Waals surface area contributed by atoms with Gasteiger partial charge < -0.3 is 4.90 Å². The van der Waals surface area contributed by atoms with Crippen molar-refractivity contribution in [3.8, 4) is 0 Å². The molecule has 5 heteroatoms. The lowest BCUT2D eigenvalue weighted by molar-refractivity contribution is -0.124. The lowest BCUT2D eigenvalue weighted by Crippen LogP contribution is -2.25. The van der Waals surface area contributed by atoms with Crippen molar-refractivity contribution in [1.82, 2.24) is 4.90 Å². The molecule has 0 spiro atoms. The van der Waals surface area contributed by atoms with Gasteiger partial charge in [-0.2, -0.15) is 4.99 Å². The zero-order valence-corrected chi connectivity index (χ0v) is 14.1. The Bertz CT molecular complexity index is 782. The number of allylic oxidation sites excluding steroid dienone is 2. The van der Waals surface area contributed by atoms with E-state index in [-0.39, 0.29) is 5.91 Å². The van der Waals surface area contributed by atoms with E-state index in [1.807, 2.05) is 62.2 Å². The van der Waals surface area contributed by atoms with Crippen molar-refractivity contribution in [3.05, 3.63) is 58.8 Å². The van der Waals surface area contributed by atoms with Crippen LogP contribution in [0.4, 0.5) is 0 Å². The minimum atomic E-state index is -0.542. The van der Waals surface area contributed by atoms with Crippen molar-refractivity contribution < 1.29 is 4.79 Å². The second-order valence-corrected chi connectivity index (χ2v) is 7.03. The van der Waals surface area contributed by atoms with Crippen LogP contribution in [-0.2, 0) is 11.3 Å². The van der Waals surface area contributed by atoms with Gasteiger partial charge in [0.15, 0.2) is 5.84 Å². The van der Waals surface area contributed by atoms with E-state index in [2.05, 4.69) is 9.98 Å². The average molecular weight is 328 g/mol. The molecule has 0 aromatic heterocycles. The van der Waals surface area contributed by atoms with Gasteiger partial charge in [0.25, 0.3) is 5.91 Å². The van der Waals surface area contributed by atoms with Crippen LogP contribution in [0.15, 0.2) is 57.6 Å². The molecule has 0 saturated heterocycles. The molecule has 0 fully saturated rings. The largest absolute Gasteiger partial charge is 0.327 e. The Morgan fingerprint density at radius 3 is 2.74 bits per heavy atom. The Morgan fingerprint density at radius 2 is 2.00 bits per heavy atom. The molecule has 1 aromatic rings. The third-order valence-corrected chi connectivity index (χ3v) is 3.86. The van der Waals surface area contributed by atoms with Crippen LogP contribution >= 0.6 is 11.6 Å². The molecule has 0 radical (unpaired) electrons. The summed E-state index contributed by atoms with van der Waals surface area (Å²) in [5, 5.41) is 0.646. The van der Waals surface area contributed by atoms with Gasteiger partial charge >= 0.3 is 0 Å². The number of halogens is 1. The van der Waals surface area contributed by atoms with Crippen LogP contribution in [0.1, 0.15) is 31.9 Å². The number of carbonyl (C=O) groups is 1. The fourth-order valence-electron chi connectivity index (χ4n) is 2.31. The summed E-state index contributed by atoms with van der Waals surface area (Å²) in [7, 11) is 0. The minimum Gasteiger partial charge on any atom is -0.327 e. The van der Waals surface area contributed by atoms with Gasteiger partial charge in [0.2, 0.25) is 0 Å². The Kier molecular flexibility index (Phi) is 3.94. The van der Waals surface area contributed by atoms with Gasteiger partial charge in [-0.1, -0.05) is 56.6 Å². The summed E-state index contributed by atoms with van der Waals surface area (Å²) in [5.41, 5.74) is 1.40. The number of nitrogens with zero attached hydrogens (tertiary/aromatic N) is 3. The predicted octanol–water partition coefficient (Wildman–Crippen LogP) is 3.87. The summed E-state index contributed by atoms with van der Waals surface area (Å²) in [6, 6.07) is 7.86. The summed E-state index contributed by atoms with van der Waals surface area (Å²) in [4.78, 5) is 23.2. The molecule has 118 valence electrons. The van der Waals surface area contributed by atoms with Crippen molar-refractivity contribution >= 4 is 29.2 Å². The monoisotopic (exact) mass is 327 g/mol. The van der Waals surface area contributed by atoms with Gasteiger partial charge in [0.1, 0.15) is 5.84 Å². The standard InChI is InChI=1S/C18H18ClN3O/c1-18(2,3)17(23)21-16-14-7-5-4-6-12(14)10-22-11-13(19)8-9-15(22)20-16/h4-9,11H,10H2,1-3H3. The SMILES string of the molecule is CC(C)(C)C(=O)N=C1N=C2C=CC(Cl)=CN2Cc2ccccc21. The fourth-order valence-corrected chi connectivity index (χ4v) is 2.49. The van der Waals surface area contributed by atoms with Gasteiger partial charge in [0, 0.05) is 23.7 Å². The van der Waals surface area contributed by atoms with E-state index in [9.17, 15) is 4.79 Å². The lowest BCUT2D eigenvalue weighted by atomic mass is 9.96. The lowest BCUT2D eigenvalue weighted by Gasteiger charge is -2.21. The number of hydrogen-bond donors (Lipinski definition) is 0. The van der Waals surface area contributed by atoms with Gasteiger partial charge in [0.05, 0.1) is 5.03 Å². The van der Waals surface area contributed by atoms with E-state index >= 15 is 0 Å². The van der Waals surface area contributed by atoms with Crippen LogP contribution in [-0.4, -0.2) is 22.5 Å². The fraction of sp³-hybridized carbons (Fsp3) is 0.278. The molecule has 0 atom stereocenters. The maximum Gasteiger partial charge on any atom is 0.253 e. The van der Waals surface area contributed by atoms with Crippen molar-refractivity contribution in [2.45, 2.75) is 27.3 Å². The Labute approximate surface area is 140 Å². The van der Waals surface area contributed by atoms with Crippen LogP contribution in [0, 0.1) is 5.41 Å². The first-order valence-electron chi connectivity index (χ1n) is 7.47. The van der Waals surface area contributed by atoms with Gasteiger partial charge in [-0.15, -0.1) is 0 Å². The second-order valence-electron chi connectivity index (χ2n) is 6.59. The average Bonchev–Trinajstić information content (AvgIpc) is 2.62. The molecule has 3 rings (SSSR count). The molecular formula is C18H18ClN3O. The first kappa shape index (κ1) is 15.7. The third kappa shape index (κ3) is 3.27. The van der Waals surface area contributed by atoms with Gasteiger partial charge in [-0.25, -0.2) is 4.99 Å². The molecular weight excluding hydrogens is 310 g/mol. The summed E-state index contributed by atoms with van der Waals surface area (Å²) in [5.74, 6) is 0.994. The summed E-state index contributed by atoms with van der Waals surface area (Å²) in [6.07, 6.45) is 5.47. The van der Waals surface area contributed by atoms with Crippen molar-refractivity contribution in [3.63, 3.8) is 0 Å². The highest BCUT2D eigenvalue weighted by molar-refractivity contribution is 6.32. The van der Waals surface area contributed by atoms with Crippen molar-refractivity contribution in [2.24, 2.45) is 15.4 Å². The normalized spacial score (nSPS) is 18.8. The van der Waals surface area contributed by atoms with E-state index < -0.39 is 5.41 Å². The number of rotatable bonds is 0. The molecule has 2 aliphatic rings. The number of fused-ring (bicyclic) bond motifs is 2. The van der Waals surface area contributed by atoms with Gasteiger partial charge in [-0.05, 0) is 17.7 Å². The predicted molar refractivity (Wildman–Crippen MR) is 93.5 cm³/mol. The molecule has 0 N–H and O–H groups in total. The van der Waals surface area contributed by atoms with E-state index in [0.29, 0.717) is 17.4 Å². The number of amidine groups is 2. The smallest absolute Gasteiger partial charge is 0.253 e. The molecule has 0 aliphatic carbocycles. The van der Waals surface area contributed by atoms with Crippen LogP contribution in [0.3, 0.4) is 0 Å². The molecule has 23 heavy (non-hydrogen) atoms. The Hall–Kier alpha value is -2.20. The molecule has 1 amide bonds. The number of amides is 1. The van der Waals surface area contributed by atoms with Crippen molar-refractivity contribution in [1.29, 1.82) is 0 Å². The number of benzene rings is 1. The highest BCUT2D eigenvalue weighted by atomic mass is 35.5. The van der Waals surface area contributed by atoms with Gasteiger partial charge in [-0.3, -0.25) is 4.79 Å². The van der Waals surface area contributed by atoms with E-state index in [0.717, 1.165) is 17.0 Å².